The van der Waals surface area contributed by atoms with Gasteiger partial charge in [-0.05, 0) is 38.6 Å². The van der Waals surface area contributed by atoms with Crippen molar-refractivity contribution in [3.8, 4) is 0 Å². The second-order valence-electron chi connectivity index (χ2n) is 4.68. The van der Waals surface area contributed by atoms with Gasteiger partial charge in [-0.15, -0.1) is 0 Å². The van der Waals surface area contributed by atoms with Crippen molar-refractivity contribution in [1.29, 1.82) is 0 Å². The predicted molar refractivity (Wildman–Crippen MR) is 53.8 cm³/mol. The van der Waals surface area contributed by atoms with Gasteiger partial charge in [0.15, 0.2) is 0 Å². The molecule has 1 saturated heterocycles. The summed E-state index contributed by atoms with van der Waals surface area (Å²) in [5.74, 6) is 0.945. The highest BCUT2D eigenvalue weighted by Crippen LogP contribution is 2.46. The molecule has 1 N–H and O–H groups in total. The van der Waals surface area contributed by atoms with Crippen molar-refractivity contribution in [2.75, 3.05) is 26.8 Å². The minimum Gasteiger partial charge on any atom is -0.381 e. The van der Waals surface area contributed by atoms with Gasteiger partial charge in [-0.2, -0.15) is 0 Å². The summed E-state index contributed by atoms with van der Waals surface area (Å²) in [4.78, 5) is 0. The number of ether oxygens (including phenoxy) is 1. The Kier molecular flexibility index (Phi) is 2.89. The van der Waals surface area contributed by atoms with Crippen LogP contribution < -0.4 is 5.32 Å². The molecule has 2 fully saturated rings. The Morgan fingerprint density at radius 3 is 2.69 bits per heavy atom. The van der Waals surface area contributed by atoms with Gasteiger partial charge in [0.05, 0.1) is 6.61 Å². The molecule has 2 aliphatic rings. The van der Waals surface area contributed by atoms with E-state index in [0.29, 0.717) is 5.41 Å². The summed E-state index contributed by atoms with van der Waals surface area (Å²) in [6, 6.07) is 0. The third-order valence-corrected chi connectivity index (χ3v) is 3.85. The van der Waals surface area contributed by atoms with Crippen molar-refractivity contribution < 1.29 is 4.74 Å². The molecule has 0 aromatic carbocycles. The maximum absolute atomic E-state index is 5.65. The van der Waals surface area contributed by atoms with Crippen LogP contribution in [0.25, 0.3) is 0 Å². The highest BCUT2D eigenvalue weighted by Gasteiger charge is 2.42. The Hall–Kier alpha value is -0.0800. The van der Waals surface area contributed by atoms with E-state index in [1.807, 2.05) is 0 Å². The molecule has 0 aromatic heterocycles. The summed E-state index contributed by atoms with van der Waals surface area (Å²) in [5, 5.41) is 3.35. The summed E-state index contributed by atoms with van der Waals surface area (Å²) in [6.45, 7) is 3.13. The van der Waals surface area contributed by atoms with Crippen molar-refractivity contribution in [3.05, 3.63) is 0 Å². The van der Waals surface area contributed by atoms with E-state index in [4.69, 9.17) is 4.74 Å². The van der Waals surface area contributed by atoms with Crippen molar-refractivity contribution in [3.63, 3.8) is 0 Å². The average Bonchev–Trinajstić information content (AvgIpc) is 2.02. The Morgan fingerprint density at radius 2 is 2.23 bits per heavy atom. The van der Waals surface area contributed by atoms with Gasteiger partial charge in [0.2, 0.25) is 0 Å². The summed E-state index contributed by atoms with van der Waals surface area (Å²) in [6.07, 6.45) is 6.95. The summed E-state index contributed by atoms with van der Waals surface area (Å²) >= 11 is 0. The maximum Gasteiger partial charge on any atom is 0.0537 e. The zero-order valence-corrected chi connectivity index (χ0v) is 8.64. The average molecular weight is 183 g/mol. The molecule has 0 amide bonds. The summed E-state index contributed by atoms with van der Waals surface area (Å²) < 4.78 is 5.65. The maximum atomic E-state index is 5.65. The molecule has 2 rings (SSSR count). The zero-order valence-electron chi connectivity index (χ0n) is 8.64. The fraction of sp³-hybridized carbons (Fsp3) is 1.00. The monoisotopic (exact) mass is 183 g/mol. The van der Waals surface area contributed by atoms with Crippen molar-refractivity contribution in [2.45, 2.75) is 32.1 Å². The van der Waals surface area contributed by atoms with Gasteiger partial charge in [0.1, 0.15) is 0 Å². The van der Waals surface area contributed by atoms with Crippen molar-refractivity contribution in [2.24, 2.45) is 11.3 Å². The lowest BCUT2D eigenvalue weighted by Crippen LogP contribution is -2.47. The van der Waals surface area contributed by atoms with Crippen LogP contribution in [0.4, 0.5) is 0 Å². The number of hydrogen-bond acceptors (Lipinski definition) is 2. The minimum absolute atomic E-state index is 0.491. The third kappa shape index (κ3) is 1.75. The molecule has 1 heterocycles. The summed E-state index contributed by atoms with van der Waals surface area (Å²) in [7, 11) is 2.06. The van der Waals surface area contributed by atoms with Crippen LogP contribution in [-0.2, 0) is 4.74 Å². The number of hydrogen-bond donors (Lipinski definition) is 1. The van der Waals surface area contributed by atoms with Crippen LogP contribution >= 0.6 is 0 Å². The fourth-order valence-corrected chi connectivity index (χ4v) is 2.85. The Bertz CT molecular complexity index is 154. The van der Waals surface area contributed by atoms with E-state index in [9.17, 15) is 0 Å². The SMILES string of the molecule is CNCC1(C2CCC2)CCCOC1. The largest absolute Gasteiger partial charge is 0.381 e. The lowest BCUT2D eigenvalue weighted by molar-refractivity contribution is -0.0619. The normalized spacial score (nSPS) is 35.8. The number of nitrogens with one attached hydrogen (secondary N) is 1. The molecule has 2 heteroatoms. The fourth-order valence-electron chi connectivity index (χ4n) is 2.85. The first-order valence-electron chi connectivity index (χ1n) is 5.60. The molecule has 1 aliphatic heterocycles. The van der Waals surface area contributed by atoms with Crippen molar-refractivity contribution >= 4 is 0 Å². The molecule has 1 saturated carbocycles. The van der Waals surface area contributed by atoms with Crippen LogP contribution in [0.2, 0.25) is 0 Å². The second-order valence-corrected chi connectivity index (χ2v) is 4.68. The molecule has 1 atom stereocenters. The quantitative estimate of drug-likeness (QED) is 0.720. The molecule has 1 unspecified atom stereocenters. The van der Waals surface area contributed by atoms with Gasteiger partial charge in [-0.25, -0.2) is 0 Å². The predicted octanol–water partition coefficient (Wildman–Crippen LogP) is 1.80. The standard InChI is InChI=1S/C11H21NO/c1-12-8-11(10-4-2-5-10)6-3-7-13-9-11/h10,12H,2-9H2,1H3. The lowest BCUT2D eigenvalue weighted by Gasteiger charge is -2.47. The Balaban J connectivity index is 1.99. The van der Waals surface area contributed by atoms with E-state index in [1.165, 1.54) is 32.1 Å². The topological polar surface area (TPSA) is 21.3 Å². The molecule has 13 heavy (non-hydrogen) atoms. The van der Waals surface area contributed by atoms with E-state index in [2.05, 4.69) is 12.4 Å². The van der Waals surface area contributed by atoms with E-state index in [1.54, 1.807) is 0 Å². The van der Waals surface area contributed by atoms with Gasteiger partial charge in [-0.1, -0.05) is 6.42 Å². The van der Waals surface area contributed by atoms with Gasteiger partial charge in [0, 0.05) is 18.6 Å². The molecule has 0 spiro atoms. The third-order valence-electron chi connectivity index (χ3n) is 3.85. The van der Waals surface area contributed by atoms with E-state index in [0.717, 1.165) is 25.7 Å². The van der Waals surface area contributed by atoms with E-state index in [-0.39, 0.29) is 0 Å². The number of rotatable bonds is 3. The van der Waals surface area contributed by atoms with E-state index < -0.39 is 0 Å². The van der Waals surface area contributed by atoms with Crippen LogP contribution in [-0.4, -0.2) is 26.8 Å². The summed E-state index contributed by atoms with van der Waals surface area (Å²) in [5.41, 5.74) is 0.491. The van der Waals surface area contributed by atoms with Crippen LogP contribution in [0.3, 0.4) is 0 Å². The van der Waals surface area contributed by atoms with Gasteiger partial charge >= 0.3 is 0 Å². The Morgan fingerprint density at radius 1 is 1.38 bits per heavy atom. The molecular formula is C11H21NO. The molecule has 0 radical (unpaired) electrons. The highest BCUT2D eigenvalue weighted by atomic mass is 16.5. The van der Waals surface area contributed by atoms with Crippen LogP contribution in [0, 0.1) is 11.3 Å². The second kappa shape index (κ2) is 3.97. The molecule has 1 aliphatic carbocycles. The van der Waals surface area contributed by atoms with E-state index >= 15 is 0 Å². The zero-order chi connectivity index (χ0) is 9.15. The first kappa shape index (κ1) is 9.47. The van der Waals surface area contributed by atoms with Gasteiger partial charge < -0.3 is 10.1 Å². The molecule has 2 nitrogen and oxygen atoms in total. The van der Waals surface area contributed by atoms with Gasteiger partial charge in [-0.3, -0.25) is 0 Å². The minimum atomic E-state index is 0.491. The molecule has 0 bridgehead atoms. The first-order chi connectivity index (χ1) is 6.37. The highest BCUT2D eigenvalue weighted by molar-refractivity contribution is 4.93. The lowest BCUT2D eigenvalue weighted by atomic mass is 9.63. The smallest absolute Gasteiger partial charge is 0.0537 e. The van der Waals surface area contributed by atoms with Crippen LogP contribution in [0.5, 0.6) is 0 Å². The Labute approximate surface area is 81.0 Å². The van der Waals surface area contributed by atoms with Crippen LogP contribution in [0.15, 0.2) is 0 Å². The van der Waals surface area contributed by atoms with Gasteiger partial charge in [0.25, 0.3) is 0 Å². The van der Waals surface area contributed by atoms with Crippen molar-refractivity contribution in [1.82, 2.24) is 5.32 Å². The molecule has 76 valence electrons. The molecule has 0 aromatic rings. The first-order valence-corrected chi connectivity index (χ1v) is 5.60. The molecular weight excluding hydrogens is 162 g/mol. The van der Waals surface area contributed by atoms with Crippen LogP contribution in [0.1, 0.15) is 32.1 Å².